The number of carboxylic acids is 1. The molecule has 0 aliphatic carbocycles. The van der Waals surface area contributed by atoms with Gasteiger partial charge in [0.15, 0.2) is 0 Å². The Labute approximate surface area is 106 Å². The third-order valence-corrected chi connectivity index (χ3v) is 2.98. The van der Waals surface area contributed by atoms with Crippen molar-refractivity contribution in [2.45, 2.75) is 46.2 Å². The minimum absolute atomic E-state index is 0.0512. The molecule has 0 aromatic carbocycles. The Hall–Kier alpha value is -1.85. The molecule has 1 amide bonds. The summed E-state index contributed by atoms with van der Waals surface area (Å²) in [6.07, 6.45) is 3.02. The van der Waals surface area contributed by atoms with Crippen molar-refractivity contribution in [2.75, 3.05) is 0 Å². The lowest BCUT2D eigenvalue weighted by atomic mass is 10.2. The van der Waals surface area contributed by atoms with Crippen LogP contribution in [0.1, 0.15) is 42.7 Å². The molecule has 0 unspecified atom stereocenters. The molecule has 100 valence electrons. The van der Waals surface area contributed by atoms with Crippen LogP contribution in [0.25, 0.3) is 0 Å². The second-order valence-electron chi connectivity index (χ2n) is 4.19. The molecule has 1 rings (SSSR count). The number of amides is 1. The largest absolute Gasteiger partial charge is 0.478 e. The summed E-state index contributed by atoms with van der Waals surface area (Å²) in [7, 11) is 0. The van der Waals surface area contributed by atoms with E-state index < -0.39 is 5.97 Å². The van der Waals surface area contributed by atoms with E-state index in [4.69, 9.17) is 5.11 Å². The Bertz CT molecular complexity index is 436. The number of carbonyl (C=O) groups is 2. The highest BCUT2D eigenvalue weighted by Crippen LogP contribution is 2.07. The van der Waals surface area contributed by atoms with Gasteiger partial charge in [0.25, 0.3) is 0 Å². The van der Waals surface area contributed by atoms with E-state index in [2.05, 4.69) is 10.4 Å². The average molecular weight is 253 g/mol. The quantitative estimate of drug-likeness (QED) is 0.797. The average Bonchev–Trinajstić information content (AvgIpc) is 2.68. The van der Waals surface area contributed by atoms with Crippen molar-refractivity contribution < 1.29 is 14.7 Å². The van der Waals surface area contributed by atoms with Gasteiger partial charge in [-0.15, -0.1) is 0 Å². The standard InChI is InChI=1S/C12H19N3O3/c1-4-9(5-2)14-11(16)7-15-8(3)10(6-13-15)12(17)18/h6,9H,4-5,7H2,1-3H3,(H,14,16)(H,17,18). The topological polar surface area (TPSA) is 84.2 Å². The molecule has 18 heavy (non-hydrogen) atoms. The molecule has 0 aliphatic rings. The number of carboxylic acid groups (broad SMARTS) is 1. The van der Waals surface area contributed by atoms with Gasteiger partial charge in [0.05, 0.1) is 11.9 Å². The Morgan fingerprint density at radius 1 is 1.44 bits per heavy atom. The molecular formula is C12H19N3O3. The van der Waals surface area contributed by atoms with E-state index >= 15 is 0 Å². The summed E-state index contributed by atoms with van der Waals surface area (Å²) in [4.78, 5) is 22.6. The first-order chi connectivity index (χ1) is 8.49. The first-order valence-electron chi connectivity index (χ1n) is 6.04. The molecule has 2 N–H and O–H groups in total. The maximum atomic E-state index is 11.8. The fourth-order valence-corrected chi connectivity index (χ4v) is 1.72. The van der Waals surface area contributed by atoms with Gasteiger partial charge < -0.3 is 10.4 Å². The Morgan fingerprint density at radius 3 is 2.50 bits per heavy atom. The van der Waals surface area contributed by atoms with Crippen LogP contribution in [0.2, 0.25) is 0 Å². The molecule has 0 atom stereocenters. The zero-order chi connectivity index (χ0) is 13.7. The maximum absolute atomic E-state index is 11.8. The summed E-state index contributed by atoms with van der Waals surface area (Å²) >= 11 is 0. The molecule has 6 heteroatoms. The van der Waals surface area contributed by atoms with Gasteiger partial charge in [0.2, 0.25) is 5.91 Å². The van der Waals surface area contributed by atoms with Crippen LogP contribution in [-0.2, 0) is 11.3 Å². The van der Waals surface area contributed by atoms with Crippen molar-refractivity contribution in [3.05, 3.63) is 17.5 Å². The number of rotatable bonds is 6. The van der Waals surface area contributed by atoms with E-state index in [1.54, 1.807) is 6.92 Å². The first-order valence-corrected chi connectivity index (χ1v) is 6.04. The van der Waals surface area contributed by atoms with Crippen molar-refractivity contribution in [3.8, 4) is 0 Å². The van der Waals surface area contributed by atoms with Crippen molar-refractivity contribution in [1.82, 2.24) is 15.1 Å². The van der Waals surface area contributed by atoms with Crippen LogP contribution >= 0.6 is 0 Å². The Kier molecular flexibility index (Phi) is 4.88. The highest BCUT2D eigenvalue weighted by molar-refractivity contribution is 5.88. The van der Waals surface area contributed by atoms with Crippen LogP contribution < -0.4 is 5.32 Å². The SMILES string of the molecule is CCC(CC)NC(=O)Cn1ncc(C(=O)O)c1C. The van der Waals surface area contributed by atoms with Crippen LogP contribution in [-0.4, -0.2) is 32.8 Å². The summed E-state index contributed by atoms with van der Waals surface area (Å²) in [6, 6.07) is 0.160. The van der Waals surface area contributed by atoms with Gasteiger partial charge in [-0.25, -0.2) is 4.79 Å². The second kappa shape index (κ2) is 6.18. The Balaban J connectivity index is 2.68. The zero-order valence-corrected chi connectivity index (χ0v) is 10.9. The Morgan fingerprint density at radius 2 is 2.06 bits per heavy atom. The van der Waals surface area contributed by atoms with Gasteiger partial charge in [0, 0.05) is 6.04 Å². The van der Waals surface area contributed by atoms with Gasteiger partial charge in [-0.2, -0.15) is 5.10 Å². The molecular weight excluding hydrogens is 234 g/mol. The maximum Gasteiger partial charge on any atom is 0.339 e. The van der Waals surface area contributed by atoms with Crippen LogP contribution in [0.4, 0.5) is 0 Å². The molecule has 0 spiro atoms. The normalized spacial score (nSPS) is 10.7. The van der Waals surface area contributed by atoms with E-state index in [1.807, 2.05) is 13.8 Å². The first kappa shape index (κ1) is 14.2. The smallest absolute Gasteiger partial charge is 0.339 e. The third-order valence-electron chi connectivity index (χ3n) is 2.98. The summed E-state index contributed by atoms with van der Waals surface area (Å²) in [6.45, 7) is 5.71. The number of hydrogen-bond acceptors (Lipinski definition) is 3. The molecule has 0 aliphatic heterocycles. The van der Waals surface area contributed by atoms with Crippen molar-refractivity contribution in [1.29, 1.82) is 0 Å². The fourth-order valence-electron chi connectivity index (χ4n) is 1.72. The van der Waals surface area contributed by atoms with E-state index in [-0.39, 0.29) is 24.1 Å². The summed E-state index contributed by atoms with van der Waals surface area (Å²) in [5.41, 5.74) is 0.618. The molecule has 0 bridgehead atoms. The lowest BCUT2D eigenvalue weighted by Crippen LogP contribution is -2.36. The summed E-state index contributed by atoms with van der Waals surface area (Å²) in [5.74, 6) is -1.18. The van der Waals surface area contributed by atoms with Gasteiger partial charge in [-0.05, 0) is 19.8 Å². The van der Waals surface area contributed by atoms with Crippen molar-refractivity contribution >= 4 is 11.9 Å². The highest BCUT2D eigenvalue weighted by atomic mass is 16.4. The van der Waals surface area contributed by atoms with Gasteiger partial charge in [-0.3, -0.25) is 9.48 Å². The van der Waals surface area contributed by atoms with Gasteiger partial charge in [-0.1, -0.05) is 13.8 Å². The monoisotopic (exact) mass is 253 g/mol. The summed E-state index contributed by atoms with van der Waals surface area (Å²) < 4.78 is 1.40. The molecule has 6 nitrogen and oxygen atoms in total. The highest BCUT2D eigenvalue weighted by Gasteiger charge is 2.15. The molecule has 0 radical (unpaired) electrons. The molecule has 0 fully saturated rings. The molecule has 0 saturated carbocycles. The zero-order valence-electron chi connectivity index (χ0n) is 10.9. The van der Waals surface area contributed by atoms with Crippen LogP contribution in [0.5, 0.6) is 0 Å². The molecule has 1 aromatic heterocycles. The summed E-state index contributed by atoms with van der Waals surface area (Å²) in [5, 5.41) is 15.7. The van der Waals surface area contributed by atoms with Crippen LogP contribution in [0.15, 0.2) is 6.20 Å². The number of nitrogens with zero attached hydrogens (tertiary/aromatic N) is 2. The predicted octanol–water partition coefficient (Wildman–Crippen LogP) is 1.19. The third kappa shape index (κ3) is 3.32. The van der Waals surface area contributed by atoms with Gasteiger partial charge in [0.1, 0.15) is 12.1 Å². The molecule has 1 aromatic rings. The number of aromatic carboxylic acids is 1. The lowest BCUT2D eigenvalue weighted by Gasteiger charge is -2.15. The van der Waals surface area contributed by atoms with Gasteiger partial charge >= 0.3 is 5.97 Å². The minimum Gasteiger partial charge on any atom is -0.478 e. The number of hydrogen-bond donors (Lipinski definition) is 2. The van der Waals surface area contributed by atoms with Crippen molar-refractivity contribution in [2.24, 2.45) is 0 Å². The van der Waals surface area contributed by atoms with E-state index in [0.717, 1.165) is 12.8 Å². The fraction of sp³-hybridized carbons (Fsp3) is 0.583. The minimum atomic E-state index is -1.03. The molecule has 0 saturated heterocycles. The van der Waals surface area contributed by atoms with E-state index in [0.29, 0.717) is 5.69 Å². The molecule has 1 heterocycles. The van der Waals surface area contributed by atoms with E-state index in [9.17, 15) is 9.59 Å². The van der Waals surface area contributed by atoms with Crippen molar-refractivity contribution in [3.63, 3.8) is 0 Å². The van der Waals surface area contributed by atoms with Crippen LogP contribution in [0.3, 0.4) is 0 Å². The number of aromatic nitrogens is 2. The van der Waals surface area contributed by atoms with E-state index in [1.165, 1.54) is 10.9 Å². The van der Waals surface area contributed by atoms with Crippen LogP contribution in [0, 0.1) is 6.92 Å². The second-order valence-corrected chi connectivity index (χ2v) is 4.19. The number of nitrogens with one attached hydrogen (secondary N) is 1. The number of carbonyl (C=O) groups excluding carboxylic acids is 1. The lowest BCUT2D eigenvalue weighted by molar-refractivity contribution is -0.122. The predicted molar refractivity (Wildman–Crippen MR) is 66.4 cm³/mol.